The van der Waals surface area contributed by atoms with Crippen LogP contribution in [0.5, 0.6) is 0 Å². The van der Waals surface area contributed by atoms with E-state index in [2.05, 4.69) is 20.2 Å². The van der Waals surface area contributed by atoms with Crippen LogP contribution in [0.15, 0.2) is 106 Å². The van der Waals surface area contributed by atoms with Crippen molar-refractivity contribution in [2.75, 3.05) is 0 Å². The summed E-state index contributed by atoms with van der Waals surface area (Å²) in [5.74, 6) is 0.146. The quantitative estimate of drug-likeness (QED) is 0.0875. The van der Waals surface area contributed by atoms with Crippen LogP contribution in [0.2, 0.25) is 0 Å². The number of hydrogen-bond donors (Lipinski definition) is 0. The predicted molar refractivity (Wildman–Crippen MR) is 146 cm³/mol. The smallest absolute Gasteiger partial charge is 0.870 e. The molecular formula is C26H17N4Na3O9S3-2. The largest absolute Gasteiger partial charge is 1.00 e. The molecule has 0 aliphatic rings. The number of rotatable bonds is 7. The average molecular weight is 695 g/mol. The summed E-state index contributed by atoms with van der Waals surface area (Å²) < 4.78 is 79.1. The molecular weight excluding hydrogens is 677 g/mol. The minimum atomic E-state index is -4.65. The van der Waals surface area contributed by atoms with Gasteiger partial charge in [0.1, 0.15) is 27.2 Å². The molecule has 0 aliphatic heterocycles. The molecule has 0 aliphatic carbocycles. The maximum atomic E-state index is 11.4. The van der Waals surface area contributed by atoms with E-state index in [-0.39, 0.29) is 121 Å². The van der Waals surface area contributed by atoms with E-state index in [0.717, 1.165) is 23.3 Å². The fourth-order valence-corrected chi connectivity index (χ4v) is 5.01. The Kier molecular flexibility index (Phi) is 18.5. The summed E-state index contributed by atoms with van der Waals surface area (Å²) in [6, 6.07) is 20.7. The summed E-state index contributed by atoms with van der Waals surface area (Å²) in [7, 11) is -4.65. The molecule has 5 rings (SSSR count). The molecule has 13 nitrogen and oxygen atoms in total. The van der Waals surface area contributed by atoms with Gasteiger partial charge in [-0.3, -0.25) is 13.4 Å². The monoisotopic (exact) mass is 694 g/mol. The molecule has 2 N–H and O–H groups in total. The third kappa shape index (κ3) is 10.7. The van der Waals surface area contributed by atoms with Crippen LogP contribution in [0.1, 0.15) is 0 Å². The van der Waals surface area contributed by atoms with Crippen molar-refractivity contribution in [1.82, 2.24) is 20.2 Å². The first kappa shape index (κ1) is 43.9. The molecule has 0 bridgehead atoms. The van der Waals surface area contributed by atoms with Gasteiger partial charge in [0.05, 0.1) is 4.90 Å². The van der Waals surface area contributed by atoms with Gasteiger partial charge in [-0.15, -0.1) is 10.2 Å². The Morgan fingerprint density at radius 2 is 1.07 bits per heavy atom. The molecule has 2 atom stereocenters. The van der Waals surface area contributed by atoms with E-state index in [4.69, 9.17) is 0 Å². The van der Waals surface area contributed by atoms with Crippen LogP contribution in [0.4, 0.5) is 0 Å². The van der Waals surface area contributed by atoms with Crippen LogP contribution < -0.4 is 88.7 Å². The Bertz CT molecular complexity index is 1890. The van der Waals surface area contributed by atoms with Gasteiger partial charge >= 0.3 is 88.7 Å². The van der Waals surface area contributed by atoms with Crippen molar-refractivity contribution < 1.29 is 130 Å². The molecule has 0 saturated carbocycles. The van der Waals surface area contributed by atoms with Crippen molar-refractivity contribution in [2.45, 2.75) is 14.7 Å². The Labute approximate surface area is 329 Å². The van der Waals surface area contributed by atoms with Crippen LogP contribution in [-0.4, -0.2) is 61.6 Å². The van der Waals surface area contributed by atoms with E-state index in [9.17, 15) is 30.5 Å². The number of hydrogen-bond acceptors (Lipinski definition) is 13. The summed E-state index contributed by atoms with van der Waals surface area (Å²) in [6.07, 6.45) is 1.54. The van der Waals surface area contributed by atoms with Crippen molar-refractivity contribution in [3.63, 3.8) is 0 Å². The third-order valence-electron chi connectivity index (χ3n) is 5.79. The predicted octanol–water partition coefficient (Wildman–Crippen LogP) is -6.03. The maximum absolute atomic E-state index is 11.4. The molecule has 45 heavy (non-hydrogen) atoms. The molecule has 0 saturated heterocycles. The SMILES string of the molecule is O=S([O-])c1ccc(-c2ccnc(-c3nnc(-c4ccc(S(=O)(=O)[O-])cc4)c(-c4ccc(S(=O)[O-])cc4)n3)c2)cc1.[Na+].[Na+].[Na+].[OH-].[OH-]. The van der Waals surface area contributed by atoms with E-state index >= 15 is 0 Å². The normalized spacial score (nSPS) is 11.6. The van der Waals surface area contributed by atoms with Gasteiger partial charge in [-0.2, -0.15) is 0 Å². The number of pyridine rings is 1. The van der Waals surface area contributed by atoms with Crippen LogP contribution >= 0.6 is 0 Å². The van der Waals surface area contributed by atoms with Gasteiger partial charge < -0.3 is 24.6 Å². The zero-order valence-corrected chi connectivity index (χ0v) is 32.4. The first-order valence-corrected chi connectivity index (χ1v) is 14.8. The number of aromatic nitrogens is 4. The Morgan fingerprint density at radius 1 is 0.600 bits per heavy atom. The minimum Gasteiger partial charge on any atom is -0.870 e. The van der Waals surface area contributed by atoms with Crippen LogP contribution in [0.25, 0.3) is 45.2 Å². The van der Waals surface area contributed by atoms with Crippen molar-refractivity contribution in [3.05, 3.63) is 91.1 Å². The molecule has 0 spiro atoms. The molecule has 5 aromatic rings. The van der Waals surface area contributed by atoms with Gasteiger partial charge in [0.2, 0.25) is 5.82 Å². The zero-order valence-electron chi connectivity index (χ0n) is 23.9. The second-order valence-electron chi connectivity index (χ2n) is 8.26. The molecule has 2 aromatic heterocycles. The standard InChI is InChI=1S/C26H18N4O7S3.3Na.2H2O/c31-38(32)20-7-1-16(2-8-20)19-13-14-27-23(15-19)26-28-24(17-3-9-21(10-4-17)39(33)34)25(29-30-26)18-5-11-22(12-6-18)40(35,36)37;;;;;/h1-15H,(H,31,32)(H,33,34)(H,35,36,37);;;;2*1H2/q;3*+1;;/p-5. The van der Waals surface area contributed by atoms with Crippen molar-refractivity contribution >= 4 is 32.3 Å². The van der Waals surface area contributed by atoms with Gasteiger partial charge in [-0.05, 0) is 81.8 Å². The molecule has 0 amide bonds. The summed E-state index contributed by atoms with van der Waals surface area (Å²) in [6.45, 7) is 0. The van der Waals surface area contributed by atoms with Crippen LogP contribution in [-0.2, 0) is 32.3 Å². The Morgan fingerprint density at radius 3 is 1.56 bits per heavy atom. The van der Waals surface area contributed by atoms with Gasteiger partial charge in [0.25, 0.3) is 0 Å². The van der Waals surface area contributed by atoms with Crippen LogP contribution in [0.3, 0.4) is 0 Å². The van der Waals surface area contributed by atoms with Crippen molar-refractivity contribution in [1.29, 1.82) is 0 Å². The summed E-state index contributed by atoms with van der Waals surface area (Å²) in [5.41, 5.74) is 3.30. The molecule has 3 aromatic carbocycles. The zero-order chi connectivity index (χ0) is 28.4. The molecule has 218 valence electrons. The fourth-order valence-electron chi connectivity index (χ4n) is 3.82. The Balaban J connectivity index is 0.00000387. The van der Waals surface area contributed by atoms with E-state index in [1.807, 2.05) is 0 Å². The van der Waals surface area contributed by atoms with Crippen molar-refractivity contribution in [2.24, 2.45) is 0 Å². The number of nitrogens with zero attached hydrogens (tertiary/aromatic N) is 4. The third-order valence-corrected chi connectivity index (χ3v) is 7.96. The molecule has 2 heterocycles. The van der Waals surface area contributed by atoms with Gasteiger partial charge in [0.15, 0.2) is 0 Å². The van der Waals surface area contributed by atoms with E-state index in [1.165, 1.54) is 36.4 Å². The molecule has 0 fully saturated rings. The molecule has 19 heteroatoms. The van der Waals surface area contributed by atoms with Gasteiger partial charge in [-0.25, -0.2) is 13.4 Å². The second kappa shape index (κ2) is 19.0. The summed E-state index contributed by atoms with van der Waals surface area (Å²) in [4.78, 5) is 8.81. The summed E-state index contributed by atoms with van der Waals surface area (Å²) >= 11 is -4.78. The van der Waals surface area contributed by atoms with E-state index in [0.29, 0.717) is 22.5 Å². The molecule has 0 radical (unpaired) electrons. The second-order valence-corrected chi connectivity index (χ2v) is 11.5. The van der Waals surface area contributed by atoms with E-state index < -0.39 is 37.2 Å². The van der Waals surface area contributed by atoms with Crippen LogP contribution in [0, 0.1) is 0 Å². The van der Waals surface area contributed by atoms with Crippen molar-refractivity contribution in [3.8, 4) is 45.2 Å². The first-order chi connectivity index (χ1) is 19.1. The topological polar surface area (TPSA) is 249 Å². The van der Waals surface area contributed by atoms with Gasteiger partial charge in [0, 0.05) is 27.1 Å². The van der Waals surface area contributed by atoms with E-state index in [1.54, 1.807) is 42.6 Å². The first-order valence-electron chi connectivity index (χ1n) is 11.3. The summed E-state index contributed by atoms with van der Waals surface area (Å²) in [5, 5.41) is 8.53. The maximum Gasteiger partial charge on any atom is 1.00 e. The average Bonchev–Trinajstić information content (AvgIpc) is 2.96. The fraction of sp³-hybridized carbons (Fsp3) is 0. The van der Waals surface area contributed by atoms with Gasteiger partial charge in [-0.1, -0.05) is 36.4 Å². The minimum absolute atomic E-state index is 0. The number of benzene rings is 3. The Hall–Kier alpha value is -1.13. The molecule has 2 unspecified atom stereocenters.